The van der Waals surface area contributed by atoms with Gasteiger partial charge in [-0.3, -0.25) is 9.63 Å². The minimum Gasteiger partial charge on any atom is -0.492 e. The van der Waals surface area contributed by atoms with Crippen molar-refractivity contribution in [2.75, 3.05) is 0 Å². The highest BCUT2D eigenvalue weighted by Gasteiger charge is 2.23. The van der Waals surface area contributed by atoms with Gasteiger partial charge in [0.1, 0.15) is 0 Å². The topological polar surface area (TPSA) is 182 Å². The first-order valence-corrected chi connectivity index (χ1v) is 9.64. The van der Waals surface area contributed by atoms with Gasteiger partial charge in [0.25, 0.3) is 5.91 Å². The van der Waals surface area contributed by atoms with E-state index in [0.29, 0.717) is 9.46 Å². The van der Waals surface area contributed by atoms with E-state index >= 15 is 0 Å². The van der Waals surface area contributed by atoms with Crippen LogP contribution in [0.1, 0.15) is 51.8 Å². The van der Waals surface area contributed by atoms with Gasteiger partial charge in [-0.05, 0) is 39.0 Å². The molecular weight excluding hydrogens is 454 g/mol. The Labute approximate surface area is 191 Å². The number of hydrogen-bond donors (Lipinski definition) is 5. The monoisotopic (exact) mass is 475 g/mol. The number of carbonyl (C=O) groups is 3. The second kappa shape index (κ2) is 9.07. The fourth-order valence-electron chi connectivity index (χ4n) is 2.51. The normalized spacial score (nSPS) is 11.1. The van der Waals surface area contributed by atoms with Gasteiger partial charge in [0.15, 0.2) is 0 Å². The summed E-state index contributed by atoms with van der Waals surface area (Å²) in [5.74, 6) is -5.49. The Balaban J connectivity index is 1.96. The molecule has 180 valence electrons. The highest BCUT2D eigenvalue weighted by atomic mass is 16.7. The molecular formula is C21H21N3O10. The second-order valence-corrected chi connectivity index (χ2v) is 7.89. The fourth-order valence-corrected chi connectivity index (χ4v) is 2.51. The molecule has 3 aromatic rings. The number of hydrogen-bond acceptors (Lipinski definition) is 10. The Morgan fingerprint density at radius 3 is 1.41 bits per heavy atom. The van der Waals surface area contributed by atoms with Crippen molar-refractivity contribution in [2.45, 2.75) is 26.4 Å². The van der Waals surface area contributed by atoms with E-state index in [-0.39, 0.29) is 16.7 Å². The zero-order valence-corrected chi connectivity index (χ0v) is 18.2. The van der Waals surface area contributed by atoms with Gasteiger partial charge in [0.2, 0.25) is 23.5 Å². The van der Waals surface area contributed by atoms with Crippen LogP contribution >= 0.6 is 0 Å². The standard InChI is InChI=1S/C21H21N3O10/c1-21(2,3)34-22-18(29)11-8-12(19(30)32-23-14(25)4-5-15(23)26)10-13(9-11)20(31)33-24-16(27)6-7-17(24)28/h4-10,25-28H,1-3H3,(H,22,29). The predicted octanol–water partition coefficient (Wildman–Crippen LogP) is 1.11. The number of nitrogens with one attached hydrogen (secondary N) is 1. The summed E-state index contributed by atoms with van der Waals surface area (Å²) in [5.41, 5.74) is 0.533. The summed E-state index contributed by atoms with van der Waals surface area (Å²) in [6, 6.07) is 7.40. The number of nitrogens with zero attached hydrogens (tertiary/aromatic N) is 2. The first-order valence-electron chi connectivity index (χ1n) is 9.64. The van der Waals surface area contributed by atoms with Crippen LogP contribution in [-0.4, -0.2) is 53.3 Å². The van der Waals surface area contributed by atoms with Crippen LogP contribution in [-0.2, 0) is 4.84 Å². The Morgan fingerprint density at radius 2 is 1.06 bits per heavy atom. The van der Waals surface area contributed by atoms with Gasteiger partial charge in [-0.2, -0.15) is 0 Å². The average molecular weight is 475 g/mol. The van der Waals surface area contributed by atoms with Crippen LogP contribution in [0.4, 0.5) is 0 Å². The molecule has 0 spiro atoms. The highest BCUT2D eigenvalue weighted by Crippen LogP contribution is 2.22. The van der Waals surface area contributed by atoms with E-state index in [1.165, 1.54) is 0 Å². The van der Waals surface area contributed by atoms with Crippen LogP contribution < -0.4 is 15.2 Å². The molecule has 2 aromatic heterocycles. The Bertz CT molecular complexity index is 1130. The van der Waals surface area contributed by atoms with Crippen molar-refractivity contribution >= 4 is 17.8 Å². The zero-order valence-electron chi connectivity index (χ0n) is 18.2. The maximum atomic E-state index is 12.6. The summed E-state index contributed by atoms with van der Waals surface area (Å²) in [5, 5.41) is 38.7. The van der Waals surface area contributed by atoms with Crippen LogP contribution in [0.15, 0.2) is 42.5 Å². The van der Waals surface area contributed by atoms with E-state index in [9.17, 15) is 34.8 Å². The molecule has 0 aliphatic heterocycles. The van der Waals surface area contributed by atoms with Gasteiger partial charge in [0, 0.05) is 29.8 Å². The summed E-state index contributed by atoms with van der Waals surface area (Å²) in [7, 11) is 0. The average Bonchev–Trinajstić information content (AvgIpc) is 3.26. The van der Waals surface area contributed by atoms with E-state index in [2.05, 4.69) is 5.48 Å². The van der Waals surface area contributed by atoms with Crippen molar-refractivity contribution in [1.29, 1.82) is 0 Å². The Morgan fingerprint density at radius 1 is 0.706 bits per heavy atom. The number of amides is 1. The second-order valence-electron chi connectivity index (χ2n) is 7.89. The molecule has 13 heteroatoms. The third-order valence-corrected chi connectivity index (χ3v) is 4.06. The molecule has 0 saturated heterocycles. The van der Waals surface area contributed by atoms with Crippen molar-refractivity contribution in [3.8, 4) is 23.5 Å². The van der Waals surface area contributed by atoms with Gasteiger partial charge in [0.05, 0.1) is 16.7 Å². The summed E-state index contributed by atoms with van der Waals surface area (Å²) in [6.07, 6.45) is 0. The van der Waals surface area contributed by atoms with Gasteiger partial charge < -0.3 is 30.1 Å². The van der Waals surface area contributed by atoms with Gasteiger partial charge in [-0.1, -0.05) is 0 Å². The molecule has 0 radical (unpaired) electrons. The maximum Gasteiger partial charge on any atom is 0.363 e. The molecule has 0 atom stereocenters. The number of benzene rings is 1. The van der Waals surface area contributed by atoms with Crippen LogP contribution in [0.25, 0.3) is 0 Å². The smallest absolute Gasteiger partial charge is 0.363 e. The van der Waals surface area contributed by atoms with Crippen molar-refractivity contribution in [3.05, 3.63) is 59.2 Å². The molecule has 13 nitrogen and oxygen atoms in total. The first-order chi connectivity index (χ1) is 15.9. The molecule has 0 fully saturated rings. The molecule has 2 heterocycles. The predicted molar refractivity (Wildman–Crippen MR) is 112 cm³/mol. The molecule has 3 rings (SSSR count). The Kier molecular flexibility index (Phi) is 6.40. The molecule has 0 unspecified atom stereocenters. The van der Waals surface area contributed by atoms with E-state index in [1.54, 1.807) is 20.8 Å². The largest absolute Gasteiger partial charge is 0.492 e. The number of carbonyl (C=O) groups excluding carboxylic acids is 3. The van der Waals surface area contributed by atoms with E-state index in [0.717, 1.165) is 42.5 Å². The lowest BCUT2D eigenvalue weighted by Gasteiger charge is -2.19. The molecule has 34 heavy (non-hydrogen) atoms. The molecule has 0 aliphatic rings. The maximum absolute atomic E-state index is 12.6. The summed E-state index contributed by atoms with van der Waals surface area (Å²) in [6.45, 7) is 5.03. The van der Waals surface area contributed by atoms with E-state index < -0.39 is 47.0 Å². The van der Waals surface area contributed by atoms with E-state index in [1.807, 2.05) is 0 Å². The van der Waals surface area contributed by atoms with Crippen molar-refractivity contribution in [1.82, 2.24) is 14.9 Å². The van der Waals surface area contributed by atoms with Crippen molar-refractivity contribution in [2.24, 2.45) is 0 Å². The molecule has 1 aromatic carbocycles. The minimum absolute atomic E-state index is 0.215. The zero-order chi connectivity index (χ0) is 25.2. The van der Waals surface area contributed by atoms with Gasteiger partial charge in [-0.15, -0.1) is 9.46 Å². The van der Waals surface area contributed by atoms with Crippen molar-refractivity contribution < 1.29 is 49.3 Å². The molecule has 0 saturated carbocycles. The van der Waals surface area contributed by atoms with Crippen LogP contribution in [0.3, 0.4) is 0 Å². The number of aromatic hydroxyl groups is 4. The third-order valence-electron chi connectivity index (χ3n) is 4.06. The summed E-state index contributed by atoms with van der Waals surface area (Å²) < 4.78 is 0.845. The highest BCUT2D eigenvalue weighted by molar-refractivity contribution is 6.02. The number of hydroxylamine groups is 1. The lowest BCUT2D eigenvalue weighted by Crippen LogP contribution is -2.34. The van der Waals surface area contributed by atoms with Crippen molar-refractivity contribution in [3.63, 3.8) is 0 Å². The summed E-state index contributed by atoms with van der Waals surface area (Å²) >= 11 is 0. The lowest BCUT2D eigenvalue weighted by atomic mass is 10.1. The SMILES string of the molecule is CC(C)(C)ONC(=O)c1cc(C(=O)On2c(O)ccc2O)cc(C(=O)On2c(O)ccc2O)c1. The molecule has 0 bridgehead atoms. The van der Waals surface area contributed by atoms with Crippen LogP contribution in [0, 0.1) is 0 Å². The quantitative estimate of drug-likeness (QED) is 0.324. The van der Waals surface area contributed by atoms with Crippen LogP contribution in [0.2, 0.25) is 0 Å². The minimum atomic E-state index is -1.16. The van der Waals surface area contributed by atoms with Gasteiger partial charge >= 0.3 is 11.9 Å². The summed E-state index contributed by atoms with van der Waals surface area (Å²) in [4.78, 5) is 52.9. The third kappa shape index (κ3) is 5.39. The van der Waals surface area contributed by atoms with Crippen LogP contribution in [0.5, 0.6) is 23.5 Å². The fraction of sp³-hybridized carbons (Fsp3) is 0.190. The molecule has 0 aliphatic carbocycles. The molecule has 1 amide bonds. The number of rotatable bonds is 6. The van der Waals surface area contributed by atoms with Gasteiger partial charge in [-0.25, -0.2) is 15.1 Å². The number of aromatic nitrogens is 2. The Hall–Kier alpha value is -4.65. The first kappa shape index (κ1) is 24.0. The van der Waals surface area contributed by atoms with E-state index in [4.69, 9.17) is 14.5 Å². The molecule has 5 N–H and O–H groups in total. The lowest BCUT2D eigenvalue weighted by molar-refractivity contribution is -0.0589.